The van der Waals surface area contributed by atoms with Crippen LogP contribution in [0.25, 0.3) is 0 Å². The molecule has 27 heavy (non-hydrogen) atoms. The zero-order valence-corrected chi connectivity index (χ0v) is 20.6. The molecule has 5 heteroatoms. The Balaban J connectivity index is -0.000000411. The fourth-order valence-electron chi connectivity index (χ4n) is 3.09. The Bertz CT molecular complexity index is 302. The van der Waals surface area contributed by atoms with Crippen molar-refractivity contribution in [3.8, 4) is 0 Å². The van der Waals surface area contributed by atoms with Crippen molar-refractivity contribution in [2.45, 2.75) is 118 Å². The predicted molar refractivity (Wildman–Crippen MR) is 110 cm³/mol. The summed E-state index contributed by atoms with van der Waals surface area (Å²) in [6.45, 7) is 8.34. The maximum atomic E-state index is 10.6. The Morgan fingerprint density at radius 3 is 1.11 bits per heavy atom. The van der Waals surface area contributed by atoms with Gasteiger partial charge in [-0.15, -0.1) is 0 Å². The van der Waals surface area contributed by atoms with Crippen molar-refractivity contribution < 1.29 is 19.8 Å². The topological polar surface area (TPSA) is 80.3 Å². The van der Waals surface area contributed by atoms with E-state index in [1.807, 2.05) is 13.8 Å². The van der Waals surface area contributed by atoms with Crippen LogP contribution in [0.3, 0.4) is 0 Å². The van der Waals surface area contributed by atoms with Gasteiger partial charge in [0.1, 0.15) is 0 Å². The number of carboxylic acids is 2. The summed E-state index contributed by atoms with van der Waals surface area (Å²) in [5, 5.41) is 21.3. The van der Waals surface area contributed by atoms with Gasteiger partial charge in [0, 0.05) is 11.9 Å². The van der Waals surface area contributed by atoms with Crippen LogP contribution < -0.4 is 10.2 Å². The van der Waals surface area contributed by atoms with Crippen LogP contribution in [-0.4, -0.2) is 49.7 Å². The molecule has 0 heterocycles. The summed E-state index contributed by atoms with van der Waals surface area (Å²) in [5.74, 6) is -2.14. The van der Waals surface area contributed by atoms with Crippen LogP contribution >= 0.6 is 0 Å². The zero-order chi connectivity index (χ0) is 20.2. The first kappa shape index (κ1) is 31.9. The van der Waals surface area contributed by atoms with Gasteiger partial charge in [-0.05, 0) is 37.5 Å². The molecule has 0 aliphatic rings. The molecule has 0 spiro atoms. The smallest absolute Gasteiger partial charge is 0.550 e. The van der Waals surface area contributed by atoms with Crippen LogP contribution in [-0.2, 0) is 9.59 Å². The van der Waals surface area contributed by atoms with Crippen LogP contribution in [0.5, 0.6) is 0 Å². The Morgan fingerprint density at radius 2 is 0.889 bits per heavy atom. The number of aliphatic carboxylic acids is 2. The molecular weight excluding hydrogens is 368 g/mol. The number of rotatable bonds is 16. The second-order valence-electron chi connectivity index (χ2n) is 7.31. The number of hydrogen-bond acceptors (Lipinski definition) is 4. The molecule has 4 nitrogen and oxygen atoms in total. The van der Waals surface area contributed by atoms with Gasteiger partial charge in [-0.2, -0.15) is 0 Å². The largest absolute Gasteiger partial charge is 2.00 e. The van der Waals surface area contributed by atoms with Crippen LogP contribution in [0.2, 0.25) is 0 Å². The Kier molecular flexibility index (Phi) is 28.6. The van der Waals surface area contributed by atoms with Gasteiger partial charge in [0.15, 0.2) is 0 Å². The van der Waals surface area contributed by atoms with Crippen LogP contribution in [0, 0.1) is 11.8 Å². The Labute approximate surface area is 197 Å². The molecule has 0 aromatic heterocycles. The maximum absolute atomic E-state index is 10.6. The predicted octanol–water partition coefficient (Wildman–Crippen LogP) is 3.87. The third-order valence-electron chi connectivity index (χ3n) is 4.75. The second-order valence-corrected chi connectivity index (χ2v) is 7.31. The van der Waals surface area contributed by atoms with Crippen molar-refractivity contribution in [2.75, 3.05) is 0 Å². The minimum atomic E-state index is -0.863. The minimum absolute atomic E-state index is 0. The van der Waals surface area contributed by atoms with E-state index in [1.54, 1.807) is 0 Å². The standard InChI is InChI=1S/2C11H22O2.Ca/c2*1-3-5-6-7-9-10(8-4-2)11(12)13;/h2*10H,3-9H2,1-2H3,(H,12,13);/q;;+2/p-2/t2*10-;/m11./s1. The summed E-state index contributed by atoms with van der Waals surface area (Å²) in [5.41, 5.74) is 0. The van der Waals surface area contributed by atoms with Gasteiger partial charge >= 0.3 is 37.7 Å². The Morgan fingerprint density at radius 1 is 0.556 bits per heavy atom. The third kappa shape index (κ3) is 22.4. The summed E-state index contributed by atoms with van der Waals surface area (Å²) in [6, 6.07) is 0. The van der Waals surface area contributed by atoms with Gasteiger partial charge in [-0.1, -0.05) is 91.9 Å². The van der Waals surface area contributed by atoms with Crippen LogP contribution in [0.15, 0.2) is 0 Å². The fourth-order valence-corrected chi connectivity index (χ4v) is 3.09. The molecule has 0 aromatic rings. The molecule has 0 bridgehead atoms. The zero-order valence-electron chi connectivity index (χ0n) is 18.4. The van der Waals surface area contributed by atoms with Crippen molar-refractivity contribution in [1.82, 2.24) is 0 Å². The van der Waals surface area contributed by atoms with Crippen molar-refractivity contribution >= 4 is 49.7 Å². The SMILES string of the molecule is CCCCCC[C@@H](CCC)C(=O)[O-].CCCCCC[C@@H](CCC)C(=O)[O-].[Ca+2]. The summed E-state index contributed by atoms with van der Waals surface area (Å²) in [7, 11) is 0. The van der Waals surface area contributed by atoms with E-state index in [2.05, 4.69) is 13.8 Å². The van der Waals surface area contributed by atoms with E-state index < -0.39 is 11.9 Å². The maximum Gasteiger partial charge on any atom is 2.00 e. The molecule has 0 radical (unpaired) electrons. The molecule has 0 saturated heterocycles. The number of carboxylic acid groups (broad SMARTS) is 2. The summed E-state index contributed by atoms with van der Waals surface area (Å²) >= 11 is 0. The molecule has 156 valence electrons. The average Bonchev–Trinajstić information content (AvgIpc) is 2.60. The monoisotopic (exact) mass is 410 g/mol. The molecule has 0 saturated carbocycles. The normalized spacial score (nSPS) is 12.3. The van der Waals surface area contributed by atoms with Crippen LogP contribution in [0.4, 0.5) is 0 Å². The van der Waals surface area contributed by atoms with Crippen molar-refractivity contribution in [3.05, 3.63) is 0 Å². The summed E-state index contributed by atoms with van der Waals surface area (Å²) in [4.78, 5) is 21.3. The van der Waals surface area contributed by atoms with Crippen molar-refractivity contribution in [1.29, 1.82) is 0 Å². The van der Waals surface area contributed by atoms with Gasteiger partial charge in [-0.3, -0.25) is 0 Å². The van der Waals surface area contributed by atoms with E-state index in [4.69, 9.17) is 0 Å². The number of hydrogen-bond donors (Lipinski definition) is 0. The number of unbranched alkanes of at least 4 members (excludes halogenated alkanes) is 6. The van der Waals surface area contributed by atoms with E-state index in [0.29, 0.717) is 0 Å². The first-order valence-electron chi connectivity index (χ1n) is 10.9. The first-order valence-corrected chi connectivity index (χ1v) is 10.9. The summed E-state index contributed by atoms with van der Waals surface area (Å²) < 4.78 is 0. The average molecular weight is 411 g/mol. The van der Waals surface area contributed by atoms with E-state index in [1.165, 1.54) is 25.7 Å². The van der Waals surface area contributed by atoms with Crippen LogP contribution in [0.1, 0.15) is 118 Å². The third-order valence-corrected chi connectivity index (χ3v) is 4.75. The van der Waals surface area contributed by atoms with Gasteiger partial charge in [0.05, 0.1) is 0 Å². The van der Waals surface area contributed by atoms with E-state index in [-0.39, 0.29) is 49.6 Å². The van der Waals surface area contributed by atoms with Crippen molar-refractivity contribution in [3.63, 3.8) is 0 Å². The minimum Gasteiger partial charge on any atom is -0.550 e. The molecule has 0 aliphatic heterocycles. The molecule has 0 rings (SSSR count). The molecule has 2 atom stereocenters. The van der Waals surface area contributed by atoms with Crippen molar-refractivity contribution in [2.24, 2.45) is 11.8 Å². The molecule has 0 amide bonds. The van der Waals surface area contributed by atoms with E-state index in [0.717, 1.165) is 64.2 Å². The number of carbonyl (C=O) groups is 2. The van der Waals surface area contributed by atoms with Gasteiger partial charge < -0.3 is 19.8 Å². The molecular formula is C22H42CaO4. The van der Waals surface area contributed by atoms with Gasteiger partial charge in [0.2, 0.25) is 0 Å². The van der Waals surface area contributed by atoms with E-state index >= 15 is 0 Å². The van der Waals surface area contributed by atoms with Gasteiger partial charge in [0.25, 0.3) is 0 Å². The quantitative estimate of drug-likeness (QED) is 0.286. The molecule has 0 aliphatic carbocycles. The second kappa shape index (κ2) is 24.2. The molecule has 0 aromatic carbocycles. The fraction of sp³-hybridized carbons (Fsp3) is 0.909. The molecule has 0 N–H and O–H groups in total. The van der Waals surface area contributed by atoms with Gasteiger partial charge in [-0.25, -0.2) is 0 Å². The summed E-state index contributed by atoms with van der Waals surface area (Å²) in [6.07, 6.45) is 14.2. The first-order chi connectivity index (χ1) is 12.4. The number of carbonyl (C=O) groups excluding carboxylic acids is 2. The molecule has 0 unspecified atom stereocenters. The Hall–Kier alpha value is 0.200. The van der Waals surface area contributed by atoms with E-state index in [9.17, 15) is 19.8 Å². The molecule has 0 fully saturated rings.